The minimum Gasteiger partial charge on any atom is -0.462 e. The van der Waals surface area contributed by atoms with Crippen LogP contribution in [0.4, 0.5) is 19.0 Å². The second-order valence-corrected chi connectivity index (χ2v) is 6.86. The van der Waals surface area contributed by atoms with Gasteiger partial charge in [0.2, 0.25) is 5.91 Å². The predicted octanol–water partition coefficient (Wildman–Crippen LogP) is 3.17. The average Bonchev–Trinajstić information content (AvgIpc) is 2.74. The van der Waals surface area contributed by atoms with Crippen molar-refractivity contribution in [2.24, 2.45) is 0 Å². The van der Waals surface area contributed by atoms with Gasteiger partial charge < -0.3 is 14.5 Å². The van der Waals surface area contributed by atoms with E-state index in [1.54, 1.807) is 24.0 Å². The number of hydrogen-bond acceptors (Lipinski definition) is 5. The number of ether oxygens (including phenoxy) is 1. The Kier molecular flexibility index (Phi) is 6.59. The Morgan fingerprint density at radius 2 is 1.70 bits per heavy atom. The predicted molar refractivity (Wildman–Crippen MR) is 104 cm³/mol. The minimum atomic E-state index is -4.39. The van der Waals surface area contributed by atoms with Gasteiger partial charge in [-0.25, -0.2) is 9.78 Å². The highest BCUT2D eigenvalue weighted by molar-refractivity contribution is 5.89. The summed E-state index contributed by atoms with van der Waals surface area (Å²) in [6.45, 7) is 4.15. The van der Waals surface area contributed by atoms with Gasteiger partial charge in [0, 0.05) is 32.4 Å². The van der Waals surface area contributed by atoms with E-state index in [0.717, 1.165) is 12.1 Å². The lowest BCUT2D eigenvalue weighted by atomic mass is 10.1. The number of amides is 1. The summed E-state index contributed by atoms with van der Waals surface area (Å²) in [6, 6.07) is 8.06. The molecule has 1 aliphatic heterocycles. The quantitative estimate of drug-likeness (QED) is 0.694. The number of esters is 1. The highest BCUT2D eigenvalue weighted by atomic mass is 19.4. The number of carbonyl (C=O) groups is 2. The number of aromatic nitrogens is 1. The van der Waals surface area contributed by atoms with Crippen molar-refractivity contribution in [3.63, 3.8) is 0 Å². The van der Waals surface area contributed by atoms with Crippen LogP contribution in [0.5, 0.6) is 0 Å². The number of rotatable bonds is 5. The van der Waals surface area contributed by atoms with Gasteiger partial charge in [-0.2, -0.15) is 13.2 Å². The molecule has 160 valence electrons. The maximum Gasteiger partial charge on any atom is 0.416 e. The maximum absolute atomic E-state index is 12.6. The molecule has 0 spiro atoms. The fourth-order valence-corrected chi connectivity index (χ4v) is 3.19. The zero-order valence-corrected chi connectivity index (χ0v) is 16.5. The summed E-state index contributed by atoms with van der Waals surface area (Å²) in [5, 5.41) is 0. The third kappa shape index (κ3) is 5.28. The van der Waals surface area contributed by atoms with E-state index in [4.69, 9.17) is 4.74 Å². The molecule has 2 heterocycles. The van der Waals surface area contributed by atoms with Crippen LogP contribution in [0.15, 0.2) is 42.6 Å². The Morgan fingerprint density at radius 3 is 2.23 bits per heavy atom. The first-order valence-electron chi connectivity index (χ1n) is 9.60. The summed E-state index contributed by atoms with van der Waals surface area (Å²) < 4.78 is 42.8. The molecule has 0 atom stereocenters. The molecule has 1 amide bonds. The van der Waals surface area contributed by atoms with Crippen molar-refractivity contribution in [2.75, 3.05) is 37.7 Å². The van der Waals surface area contributed by atoms with Gasteiger partial charge in [0.1, 0.15) is 5.82 Å². The first-order chi connectivity index (χ1) is 14.3. The molecule has 0 bridgehead atoms. The van der Waals surface area contributed by atoms with E-state index < -0.39 is 17.7 Å². The largest absolute Gasteiger partial charge is 0.462 e. The van der Waals surface area contributed by atoms with Gasteiger partial charge in [0.25, 0.3) is 0 Å². The van der Waals surface area contributed by atoms with Crippen LogP contribution in [0.2, 0.25) is 0 Å². The summed E-state index contributed by atoms with van der Waals surface area (Å²) >= 11 is 0. The fourth-order valence-electron chi connectivity index (χ4n) is 3.19. The summed E-state index contributed by atoms with van der Waals surface area (Å²) in [4.78, 5) is 32.2. The van der Waals surface area contributed by atoms with Crippen LogP contribution in [-0.2, 0) is 22.1 Å². The number of halogens is 3. The number of hydrogen-bond donors (Lipinski definition) is 0. The Balaban J connectivity index is 1.52. The van der Waals surface area contributed by atoms with Crippen molar-refractivity contribution in [1.82, 2.24) is 9.88 Å². The molecule has 1 aliphatic rings. The third-order valence-corrected chi connectivity index (χ3v) is 4.85. The molecule has 9 heteroatoms. The van der Waals surface area contributed by atoms with E-state index in [2.05, 4.69) is 4.98 Å². The van der Waals surface area contributed by atoms with Crippen molar-refractivity contribution < 1.29 is 27.5 Å². The third-order valence-electron chi connectivity index (χ3n) is 4.85. The second kappa shape index (κ2) is 9.15. The van der Waals surface area contributed by atoms with Crippen molar-refractivity contribution in [1.29, 1.82) is 0 Å². The molecule has 1 saturated heterocycles. The van der Waals surface area contributed by atoms with E-state index in [0.29, 0.717) is 49.7 Å². The van der Waals surface area contributed by atoms with Gasteiger partial charge in [-0.15, -0.1) is 0 Å². The van der Waals surface area contributed by atoms with Gasteiger partial charge in [0.05, 0.1) is 24.2 Å². The van der Waals surface area contributed by atoms with Crippen LogP contribution >= 0.6 is 0 Å². The van der Waals surface area contributed by atoms with E-state index >= 15 is 0 Å². The molecule has 1 aromatic carbocycles. The maximum atomic E-state index is 12.6. The normalized spacial score (nSPS) is 14.5. The molecule has 1 fully saturated rings. The molecule has 30 heavy (non-hydrogen) atoms. The summed E-state index contributed by atoms with van der Waals surface area (Å²) in [5.74, 6) is 0.160. The number of benzene rings is 1. The lowest BCUT2D eigenvalue weighted by Gasteiger charge is -2.35. The lowest BCUT2D eigenvalue weighted by Crippen LogP contribution is -2.49. The highest BCUT2D eigenvalue weighted by Crippen LogP contribution is 2.29. The Morgan fingerprint density at radius 1 is 1.03 bits per heavy atom. The van der Waals surface area contributed by atoms with E-state index in [9.17, 15) is 22.8 Å². The number of pyridine rings is 1. The molecule has 0 radical (unpaired) electrons. The van der Waals surface area contributed by atoms with Crippen LogP contribution < -0.4 is 4.90 Å². The molecular formula is C21H22F3N3O3. The summed E-state index contributed by atoms with van der Waals surface area (Å²) in [7, 11) is 0. The van der Waals surface area contributed by atoms with E-state index in [1.165, 1.54) is 18.3 Å². The van der Waals surface area contributed by atoms with Crippen LogP contribution in [0.25, 0.3) is 0 Å². The number of nitrogens with zero attached hydrogens (tertiary/aromatic N) is 3. The fraction of sp³-hybridized carbons (Fsp3) is 0.381. The van der Waals surface area contributed by atoms with Gasteiger partial charge in [-0.05, 0) is 36.8 Å². The first kappa shape index (κ1) is 21.6. The van der Waals surface area contributed by atoms with Crippen molar-refractivity contribution in [3.8, 4) is 0 Å². The van der Waals surface area contributed by atoms with Gasteiger partial charge in [0.15, 0.2) is 0 Å². The first-order valence-corrected chi connectivity index (χ1v) is 9.60. The van der Waals surface area contributed by atoms with Crippen LogP contribution in [0.1, 0.15) is 28.4 Å². The van der Waals surface area contributed by atoms with Crippen molar-refractivity contribution >= 4 is 17.7 Å². The molecule has 3 rings (SSSR count). The Bertz CT molecular complexity index is 875. The zero-order chi connectivity index (χ0) is 21.7. The molecule has 0 N–H and O–H groups in total. The number of carbonyl (C=O) groups excluding carboxylic acids is 2. The highest BCUT2D eigenvalue weighted by Gasteiger charge is 2.30. The van der Waals surface area contributed by atoms with Gasteiger partial charge in [-0.3, -0.25) is 4.79 Å². The molecule has 1 aromatic heterocycles. The van der Waals surface area contributed by atoms with E-state index in [-0.39, 0.29) is 12.3 Å². The molecule has 2 aromatic rings. The van der Waals surface area contributed by atoms with Gasteiger partial charge in [-0.1, -0.05) is 12.1 Å². The van der Waals surface area contributed by atoms with Crippen LogP contribution in [-0.4, -0.2) is 54.5 Å². The standard InChI is InChI=1S/C21H22F3N3O3/c1-2-30-20(29)16-5-8-18(25-14-16)26-9-11-27(12-10-26)19(28)13-15-3-6-17(7-4-15)21(22,23)24/h3-8,14H,2,9-13H2,1H3. The topological polar surface area (TPSA) is 62.7 Å². The smallest absolute Gasteiger partial charge is 0.416 e. The molecule has 0 saturated carbocycles. The molecular weight excluding hydrogens is 399 g/mol. The van der Waals surface area contributed by atoms with Gasteiger partial charge >= 0.3 is 12.1 Å². The number of alkyl halides is 3. The number of anilines is 1. The Labute approximate surface area is 172 Å². The Hall–Kier alpha value is -3.10. The summed E-state index contributed by atoms with van der Waals surface area (Å²) in [6.07, 6.45) is -2.86. The molecule has 0 unspecified atom stereocenters. The number of piperazine rings is 1. The lowest BCUT2D eigenvalue weighted by molar-refractivity contribution is -0.137. The summed E-state index contributed by atoms with van der Waals surface area (Å²) in [5.41, 5.74) is 0.200. The SMILES string of the molecule is CCOC(=O)c1ccc(N2CCN(C(=O)Cc3ccc(C(F)(F)F)cc3)CC2)nc1. The zero-order valence-electron chi connectivity index (χ0n) is 16.5. The minimum absolute atomic E-state index is 0.0601. The second-order valence-electron chi connectivity index (χ2n) is 6.86. The van der Waals surface area contributed by atoms with E-state index in [1.807, 2.05) is 4.90 Å². The molecule has 0 aliphatic carbocycles. The average molecular weight is 421 g/mol. The van der Waals surface area contributed by atoms with Crippen LogP contribution in [0.3, 0.4) is 0 Å². The van der Waals surface area contributed by atoms with Crippen molar-refractivity contribution in [2.45, 2.75) is 19.5 Å². The van der Waals surface area contributed by atoms with Crippen molar-refractivity contribution in [3.05, 3.63) is 59.3 Å². The van der Waals surface area contributed by atoms with Crippen LogP contribution in [0, 0.1) is 0 Å². The monoisotopic (exact) mass is 421 g/mol. The molecule has 6 nitrogen and oxygen atoms in total.